The molecule has 1 unspecified atom stereocenters. The number of rotatable bonds is 9. The van der Waals surface area contributed by atoms with Crippen molar-refractivity contribution in [3.8, 4) is 0 Å². The highest BCUT2D eigenvalue weighted by atomic mass is 127. The van der Waals surface area contributed by atoms with Gasteiger partial charge in [-0.05, 0) is 50.9 Å². The molecule has 8 heteroatoms. The summed E-state index contributed by atoms with van der Waals surface area (Å²) in [6.07, 6.45) is 4.02. The molecule has 1 aromatic carbocycles. The molecule has 0 aromatic heterocycles. The van der Waals surface area contributed by atoms with E-state index in [4.69, 9.17) is 9.73 Å². The summed E-state index contributed by atoms with van der Waals surface area (Å²) in [6, 6.07) is 8.82. The molecule has 2 fully saturated rings. The maximum atomic E-state index is 10.8. The van der Waals surface area contributed by atoms with Crippen molar-refractivity contribution >= 4 is 29.9 Å². The molecule has 32 heavy (non-hydrogen) atoms. The highest BCUT2D eigenvalue weighted by Crippen LogP contribution is 2.14. The van der Waals surface area contributed by atoms with E-state index >= 15 is 0 Å². The molecular formula is C24H42IN5O2. The minimum atomic E-state index is -0.830. The van der Waals surface area contributed by atoms with Crippen molar-refractivity contribution in [1.82, 2.24) is 20.4 Å². The van der Waals surface area contributed by atoms with Crippen LogP contribution in [-0.2, 0) is 17.8 Å². The van der Waals surface area contributed by atoms with E-state index in [1.165, 1.54) is 43.5 Å². The van der Waals surface area contributed by atoms with Gasteiger partial charge in [0.2, 0.25) is 0 Å². The largest absolute Gasteiger partial charge is 0.387 e. The highest BCUT2D eigenvalue weighted by molar-refractivity contribution is 14.0. The average Bonchev–Trinajstić information content (AvgIpc) is 2.78. The lowest BCUT2D eigenvalue weighted by molar-refractivity contribution is -0.0201. The van der Waals surface area contributed by atoms with E-state index in [1.54, 1.807) is 0 Å². The van der Waals surface area contributed by atoms with Crippen molar-refractivity contribution in [2.45, 2.75) is 51.8 Å². The molecule has 2 heterocycles. The van der Waals surface area contributed by atoms with Gasteiger partial charge in [-0.25, -0.2) is 4.99 Å². The van der Waals surface area contributed by atoms with Crippen LogP contribution in [0.2, 0.25) is 0 Å². The average molecular weight is 560 g/mol. The maximum Gasteiger partial charge on any atom is 0.191 e. The van der Waals surface area contributed by atoms with Gasteiger partial charge < -0.3 is 20.5 Å². The van der Waals surface area contributed by atoms with Crippen LogP contribution in [0.3, 0.4) is 0 Å². The van der Waals surface area contributed by atoms with Crippen LogP contribution in [0.5, 0.6) is 0 Å². The number of morpholine rings is 1. The van der Waals surface area contributed by atoms with Crippen LogP contribution in [0.25, 0.3) is 0 Å². The number of β-amino-alcohol motifs (C(OH)–C–C–N with tert-alkyl or cyclic N) is 1. The molecule has 2 aliphatic rings. The van der Waals surface area contributed by atoms with E-state index in [1.807, 2.05) is 6.92 Å². The Hall–Kier alpha value is -0.940. The van der Waals surface area contributed by atoms with Crippen LogP contribution in [0, 0.1) is 0 Å². The van der Waals surface area contributed by atoms with E-state index in [0.717, 1.165) is 45.4 Å². The number of nitrogens with zero attached hydrogens (tertiary/aromatic N) is 3. The number of aliphatic imine (C=N–C) groups is 1. The highest BCUT2D eigenvalue weighted by Gasteiger charge is 2.25. The number of nitrogens with one attached hydrogen (secondary N) is 2. The first kappa shape index (κ1) is 27.3. The molecule has 0 radical (unpaired) electrons. The lowest BCUT2D eigenvalue weighted by Crippen LogP contribution is -2.52. The van der Waals surface area contributed by atoms with Gasteiger partial charge >= 0.3 is 0 Å². The molecule has 1 atom stereocenters. The summed E-state index contributed by atoms with van der Waals surface area (Å²) in [7, 11) is 0. The van der Waals surface area contributed by atoms with Crippen LogP contribution < -0.4 is 10.6 Å². The fourth-order valence-electron chi connectivity index (χ4n) is 4.21. The monoisotopic (exact) mass is 559 g/mol. The quantitative estimate of drug-likeness (QED) is 0.245. The molecule has 0 aliphatic carbocycles. The number of halogens is 1. The minimum absolute atomic E-state index is 0. The molecule has 0 spiro atoms. The van der Waals surface area contributed by atoms with Gasteiger partial charge in [0.1, 0.15) is 0 Å². The second-order valence-electron chi connectivity index (χ2n) is 9.09. The summed E-state index contributed by atoms with van der Waals surface area (Å²) in [4.78, 5) is 9.52. The summed E-state index contributed by atoms with van der Waals surface area (Å²) < 4.78 is 5.39. The molecule has 0 bridgehead atoms. The molecule has 2 saturated heterocycles. The van der Waals surface area contributed by atoms with E-state index < -0.39 is 5.60 Å². The summed E-state index contributed by atoms with van der Waals surface area (Å²) in [5, 5.41) is 17.4. The van der Waals surface area contributed by atoms with Crippen molar-refractivity contribution in [2.75, 3.05) is 59.0 Å². The van der Waals surface area contributed by atoms with Crippen molar-refractivity contribution in [3.63, 3.8) is 0 Å². The number of benzene rings is 1. The van der Waals surface area contributed by atoms with E-state index in [9.17, 15) is 5.11 Å². The smallest absolute Gasteiger partial charge is 0.191 e. The number of aliphatic hydroxyl groups is 1. The zero-order chi connectivity index (χ0) is 21.9. The summed E-state index contributed by atoms with van der Waals surface area (Å²) in [5.41, 5.74) is 1.74. The Morgan fingerprint density at radius 1 is 1.00 bits per heavy atom. The fourth-order valence-corrected chi connectivity index (χ4v) is 4.21. The van der Waals surface area contributed by atoms with Crippen molar-refractivity contribution in [3.05, 3.63) is 35.4 Å². The molecule has 0 saturated carbocycles. The van der Waals surface area contributed by atoms with Crippen LogP contribution >= 0.6 is 24.0 Å². The van der Waals surface area contributed by atoms with Gasteiger partial charge in [-0.3, -0.25) is 9.80 Å². The molecule has 2 aliphatic heterocycles. The third kappa shape index (κ3) is 9.91. The van der Waals surface area contributed by atoms with Crippen LogP contribution in [0.15, 0.2) is 29.3 Å². The fraction of sp³-hybridized carbons (Fsp3) is 0.708. The Bertz CT molecular complexity index is 671. The van der Waals surface area contributed by atoms with Gasteiger partial charge in [-0.1, -0.05) is 30.7 Å². The summed E-state index contributed by atoms with van der Waals surface area (Å²) in [5.74, 6) is 0.738. The first-order chi connectivity index (χ1) is 15.0. The van der Waals surface area contributed by atoms with E-state index in [2.05, 4.69) is 51.6 Å². The zero-order valence-corrected chi connectivity index (χ0v) is 22.1. The van der Waals surface area contributed by atoms with Gasteiger partial charge in [0.05, 0.1) is 25.4 Å². The van der Waals surface area contributed by atoms with Crippen LogP contribution in [0.1, 0.15) is 44.2 Å². The number of hydrogen-bond donors (Lipinski definition) is 3. The predicted octanol–water partition coefficient (Wildman–Crippen LogP) is 2.43. The lowest BCUT2D eigenvalue weighted by Gasteiger charge is -2.34. The van der Waals surface area contributed by atoms with Crippen LogP contribution in [-0.4, -0.2) is 85.5 Å². The Morgan fingerprint density at radius 3 is 2.31 bits per heavy atom. The van der Waals surface area contributed by atoms with Crippen molar-refractivity contribution < 1.29 is 9.84 Å². The normalized spacial score (nSPS) is 20.3. The minimum Gasteiger partial charge on any atom is -0.387 e. The van der Waals surface area contributed by atoms with Gasteiger partial charge in [0.25, 0.3) is 0 Å². The van der Waals surface area contributed by atoms with Gasteiger partial charge in [-0.15, -0.1) is 24.0 Å². The zero-order valence-electron chi connectivity index (χ0n) is 19.8. The first-order valence-corrected chi connectivity index (χ1v) is 11.9. The SMILES string of the molecule is CCNC(=NCc1ccc(CN2CCCCC2)cc1)NCC(C)(O)CN1CCOCC1.I. The summed E-state index contributed by atoms with van der Waals surface area (Å²) in [6.45, 7) is 13.1. The molecule has 3 rings (SSSR count). The van der Waals surface area contributed by atoms with Crippen LogP contribution in [0.4, 0.5) is 0 Å². The van der Waals surface area contributed by atoms with Crippen molar-refractivity contribution in [2.24, 2.45) is 4.99 Å². The summed E-state index contributed by atoms with van der Waals surface area (Å²) >= 11 is 0. The van der Waals surface area contributed by atoms with E-state index in [-0.39, 0.29) is 24.0 Å². The number of likely N-dealkylation sites (tertiary alicyclic amines) is 1. The van der Waals surface area contributed by atoms with Gasteiger partial charge in [0.15, 0.2) is 5.96 Å². The Balaban J connectivity index is 0.00000363. The number of hydrogen-bond acceptors (Lipinski definition) is 5. The van der Waals surface area contributed by atoms with E-state index in [0.29, 0.717) is 19.6 Å². The molecule has 1 aromatic rings. The first-order valence-electron chi connectivity index (χ1n) is 11.9. The standard InChI is InChI=1S/C24H41N5O2.HI/c1-3-25-23(27-19-24(2,30)20-29-13-15-31-16-14-29)26-17-21-7-9-22(10-8-21)18-28-11-5-4-6-12-28;/h7-10,30H,3-6,11-20H2,1-2H3,(H2,25,26,27);1H. The molecular weight excluding hydrogens is 517 g/mol. The van der Waals surface area contributed by atoms with Gasteiger partial charge in [-0.2, -0.15) is 0 Å². The second kappa shape index (κ2) is 14.3. The molecule has 7 nitrogen and oxygen atoms in total. The molecule has 0 amide bonds. The maximum absolute atomic E-state index is 10.8. The number of ether oxygens (including phenoxy) is 1. The third-order valence-corrected chi connectivity index (χ3v) is 5.95. The Morgan fingerprint density at radius 2 is 1.66 bits per heavy atom. The number of piperidine rings is 1. The second-order valence-corrected chi connectivity index (χ2v) is 9.09. The predicted molar refractivity (Wildman–Crippen MR) is 142 cm³/mol. The molecule has 3 N–H and O–H groups in total. The lowest BCUT2D eigenvalue weighted by atomic mass is 10.1. The topological polar surface area (TPSA) is 72.4 Å². The Kier molecular flexibility index (Phi) is 12.2. The van der Waals surface area contributed by atoms with Crippen molar-refractivity contribution in [1.29, 1.82) is 0 Å². The van der Waals surface area contributed by atoms with Gasteiger partial charge in [0, 0.05) is 39.3 Å². The molecule has 182 valence electrons. The number of guanidine groups is 1. The Labute approximate surface area is 211 Å². The third-order valence-electron chi connectivity index (χ3n) is 5.95.